The third kappa shape index (κ3) is 1.89. The second kappa shape index (κ2) is 4.04. The standard InChI is InChI=1S/C11H16N2O2/c1-2-10(14)13-7-9(8-13)11(15)12-5-3-4-6-12/h2,9H,1,3-8H2. The van der Waals surface area contributed by atoms with Gasteiger partial charge in [0.25, 0.3) is 0 Å². The van der Waals surface area contributed by atoms with Gasteiger partial charge in [0.1, 0.15) is 0 Å². The van der Waals surface area contributed by atoms with Gasteiger partial charge >= 0.3 is 0 Å². The number of carbonyl (C=O) groups excluding carboxylic acids is 2. The van der Waals surface area contributed by atoms with Gasteiger partial charge in [-0.3, -0.25) is 9.59 Å². The average Bonchev–Trinajstić information content (AvgIpc) is 2.67. The molecule has 2 rings (SSSR count). The molecule has 0 aromatic carbocycles. The smallest absolute Gasteiger partial charge is 0.246 e. The van der Waals surface area contributed by atoms with E-state index in [0.29, 0.717) is 13.1 Å². The lowest BCUT2D eigenvalue weighted by Crippen LogP contribution is -2.55. The van der Waals surface area contributed by atoms with Gasteiger partial charge in [-0.1, -0.05) is 6.58 Å². The van der Waals surface area contributed by atoms with Crippen LogP contribution in [0, 0.1) is 5.92 Å². The molecule has 2 aliphatic heterocycles. The van der Waals surface area contributed by atoms with Crippen molar-refractivity contribution >= 4 is 11.8 Å². The van der Waals surface area contributed by atoms with Gasteiger partial charge in [-0.15, -0.1) is 0 Å². The van der Waals surface area contributed by atoms with Crippen molar-refractivity contribution in [1.82, 2.24) is 9.80 Å². The molecule has 4 nitrogen and oxygen atoms in total. The Balaban J connectivity index is 1.81. The molecule has 15 heavy (non-hydrogen) atoms. The van der Waals surface area contributed by atoms with Gasteiger partial charge in [-0.05, 0) is 18.9 Å². The Hall–Kier alpha value is -1.32. The molecule has 2 saturated heterocycles. The van der Waals surface area contributed by atoms with Crippen LogP contribution in [0.15, 0.2) is 12.7 Å². The van der Waals surface area contributed by atoms with Crippen molar-refractivity contribution in [3.05, 3.63) is 12.7 Å². The van der Waals surface area contributed by atoms with Gasteiger partial charge in [0.15, 0.2) is 0 Å². The lowest BCUT2D eigenvalue weighted by atomic mass is 9.98. The highest BCUT2D eigenvalue weighted by molar-refractivity contribution is 5.90. The first-order valence-corrected chi connectivity index (χ1v) is 5.42. The van der Waals surface area contributed by atoms with Gasteiger partial charge in [0.2, 0.25) is 11.8 Å². The zero-order valence-electron chi connectivity index (χ0n) is 8.82. The van der Waals surface area contributed by atoms with E-state index in [0.717, 1.165) is 25.9 Å². The molecular weight excluding hydrogens is 192 g/mol. The molecule has 2 heterocycles. The summed E-state index contributed by atoms with van der Waals surface area (Å²) >= 11 is 0. The number of rotatable bonds is 2. The van der Waals surface area contributed by atoms with Crippen molar-refractivity contribution in [1.29, 1.82) is 0 Å². The molecule has 0 aliphatic carbocycles. The summed E-state index contributed by atoms with van der Waals surface area (Å²) in [5.41, 5.74) is 0. The fourth-order valence-electron chi connectivity index (χ4n) is 2.14. The van der Waals surface area contributed by atoms with Gasteiger partial charge < -0.3 is 9.80 Å². The second-order valence-electron chi connectivity index (χ2n) is 4.18. The Bertz CT molecular complexity index is 289. The third-order valence-electron chi connectivity index (χ3n) is 3.13. The summed E-state index contributed by atoms with van der Waals surface area (Å²) in [4.78, 5) is 26.6. The first-order valence-electron chi connectivity index (χ1n) is 5.42. The van der Waals surface area contributed by atoms with Crippen molar-refractivity contribution in [3.8, 4) is 0 Å². The molecular formula is C11H16N2O2. The molecule has 0 aromatic heterocycles. The van der Waals surface area contributed by atoms with E-state index in [1.807, 2.05) is 4.90 Å². The van der Waals surface area contributed by atoms with Crippen LogP contribution in [0.1, 0.15) is 12.8 Å². The van der Waals surface area contributed by atoms with Crippen molar-refractivity contribution < 1.29 is 9.59 Å². The van der Waals surface area contributed by atoms with Crippen LogP contribution in [0.4, 0.5) is 0 Å². The third-order valence-corrected chi connectivity index (χ3v) is 3.13. The Morgan fingerprint density at radius 2 is 1.73 bits per heavy atom. The molecule has 0 atom stereocenters. The first kappa shape index (κ1) is 10.2. The van der Waals surface area contributed by atoms with E-state index in [2.05, 4.69) is 6.58 Å². The summed E-state index contributed by atoms with van der Waals surface area (Å²) in [5, 5.41) is 0. The van der Waals surface area contributed by atoms with Crippen LogP contribution in [0.5, 0.6) is 0 Å². The fraction of sp³-hybridized carbons (Fsp3) is 0.636. The van der Waals surface area contributed by atoms with Crippen molar-refractivity contribution in [2.24, 2.45) is 5.92 Å². The number of hydrogen-bond donors (Lipinski definition) is 0. The van der Waals surface area contributed by atoms with Crippen molar-refractivity contribution in [3.63, 3.8) is 0 Å². The Morgan fingerprint density at radius 1 is 1.13 bits per heavy atom. The van der Waals surface area contributed by atoms with Gasteiger partial charge in [0, 0.05) is 26.2 Å². The highest BCUT2D eigenvalue weighted by Crippen LogP contribution is 2.20. The molecule has 0 aromatic rings. The van der Waals surface area contributed by atoms with Gasteiger partial charge in [0.05, 0.1) is 5.92 Å². The minimum Gasteiger partial charge on any atom is -0.342 e. The van der Waals surface area contributed by atoms with Crippen LogP contribution in [-0.2, 0) is 9.59 Å². The number of amides is 2. The summed E-state index contributed by atoms with van der Waals surface area (Å²) < 4.78 is 0. The molecule has 2 amide bonds. The van der Waals surface area contributed by atoms with Gasteiger partial charge in [-0.2, -0.15) is 0 Å². The van der Waals surface area contributed by atoms with E-state index in [1.165, 1.54) is 6.08 Å². The maximum Gasteiger partial charge on any atom is 0.246 e. The van der Waals surface area contributed by atoms with E-state index >= 15 is 0 Å². The van der Waals surface area contributed by atoms with E-state index in [4.69, 9.17) is 0 Å². The van der Waals surface area contributed by atoms with Crippen LogP contribution in [0.3, 0.4) is 0 Å². The minimum atomic E-state index is -0.0690. The summed E-state index contributed by atoms with van der Waals surface area (Å²) in [5.74, 6) is 0.188. The number of likely N-dealkylation sites (tertiary alicyclic amines) is 2. The summed E-state index contributed by atoms with van der Waals surface area (Å²) in [7, 11) is 0. The number of carbonyl (C=O) groups is 2. The predicted octanol–water partition coefficient (Wildman–Crippen LogP) is 0.253. The molecule has 2 fully saturated rings. The highest BCUT2D eigenvalue weighted by Gasteiger charge is 2.37. The summed E-state index contributed by atoms with van der Waals surface area (Å²) in [6.07, 6.45) is 3.54. The maximum atomic E-state index is 11.8. The van der Waals surface area contributed by atoms with Crippen LogP contribution < -0.4 is 0 Å². The van der Waals surface area contributed by atoms with Crippen LogP contribution in [0.25, 0.3) is 0 Å². The summed E-state index contributed by atoms with van der Waals surface area (Å²) in [6, 6.07) is 0. The molecule has 0 radical (unpaired) electrons. The molecule has 0 spiro atoms. The second-order valence-corrected chi connectivity index (χ2v) is 4.18. The highest BCUT2D eigenvalue weighted by atomic mass is 16.2. The number of hydrogen-bond acceptors (Lipinski definition) is 2. The Morgan fingerprint density at radius 3 is 2.27 bits per heavy atom. The monoisotopic (exact) mass is 208 g/mol. The van der Waals surface area contributed by atoms with Crippen LogP contribution in [-0.4, -0.2) is 47.8 Å². The minimum absolute atomic E-state index is 0.0343. The van der Waals surface area contributed by atoms with Crippen molar-refractivity contribution in [2.45, 2.75) is 12.8 Å². The van der Waals surface area contributed by atoms with Crippen LogP contribution in [0.2, 0.25) is 0 Å². The molecule has 4 heteroatoms. The number of nitrogens with zero attached hydrogens (tertiary/aromatic N) is 2. The Kier molecular flexibility index (Phi) is 2.75. The zero-order valence-corrected chi connectivity index (χ0v) is 8.82. The normalized spacial score (nSPS) is 21.3. The predicted molar refractivity (Wildman–Crippen MR) is 56.1 cm³/mol. The van der Waals surface area contributed by atoms with E-state index < -0.39 is 0 Å². The molecule has 0 N–H and O–H groups in total. The maximum absolute atomic E-state index is 11.8. The van der Waals surface area contributed by atoms with Crippen LogP contribution >= 0.6 is 0 Å². The van der Waals surface area contributed by atoms with Gasteiger partial charge in [-0.25, -0.2) is 0 Å². The molecule has 0 unspecified atom stereocenters. The van der Waals surface area contributed by atoms with E-state index in [1.54, 1.807) is 4.90 Å². The SMILES string of the molecule is C=CC(=O)N1CC(C(=O)N2CCCC2)C1. The lowest BCUT2D eigenvalue weighted by Gasteiger charge is -2.39. The van der Waals surface area contributed by atoms with Crippen molar-refractivity contribution in [2.75, 3.05) is 26.2 Å². The zero-order chi connectivity index (χ0) is 10.8. The molecule has 0 saturated carbocycles. The Labute approximate surface area is 89.5 Å². The van der Waals surface area contributed by atoms with E-state index in [9.17, 15) is 9.59 Å². The largest absolute Gasteiger partial charge is 0.342 e. The quantitative estimate of drug-likeness (QED) is 0.610. The molecule has 82 valence electrons. The molecule has 2 aliphatic rings. The summed E-state index contributed by atoms with van der Waals surface area (Å²) in [6.45, 7) is 6.35. The topological polar surface area (TPSA) is 40.6 Å². The van der Waals surface area contributed by atoms with E-state index in [-0.39, 0.29) is 17.7 Å². The first-order chi connectivity index (χ1) is 7.22. The molecule has 0 bridgehead atoms. The average molecular weight is 208 g/mol. The lowest BCUT2D eigenvalue weighted by molar-refractivity contribution is -0.145. The fourth-order valence-corrected chi connectivity index (χ4v) is 2.14.